The van der Waals surface area contributed by atoms with E-state index in [1.807, 2.05) is 6.92 Å². The minimum absolute atomic E-state index is 0.912. The van der Waals surface area contributed by atoms with Crippen molar-refractivity contribution >= 4 is 0 Å². The van der Waals surface area contributed by atoms with Gasteiger partial charge in [-0.1, -0.05) is 12.2 Å². The first-order valence-corrected chi connectivity index (χ1v) is 2.44. The lowest BCUT2D eigenvalue weighted by molar-refractivity contribution is 1.11. The molecule has 0 N–H and O–H groups in total. The maximum Gasteiger partial charge on any atom is -0.0227 e. The minimum atomic E-state index is 0.912. The van der Waals surface area contributed by atoms with Crippen molar-refractivity contribution in [3.05, 3.63) is 12.2 Å². The summed E-state index contributed by atoms with van der Waals surface area (Å²) in [5.74, 6) is 0.912. The predicted octanol–water partition coefficient (Wildman–Crippen LogP) is 1.78. The number of rotatable bonds is 1. The van der Waals surface area contributed by atoms with Gasteiger partial charge in [-0.05, 0) is 25.7 Å². The molecular weight excluding hydrogens is 72.1 g/mol. The lowest BCUT2D eigenvalue weighted by Gasteiger charge is -1.68. The normalized spacial score (nSPS) is 22.8. The summed E-state index contributed by atoms with van der Waals surface area (Å²) in [7, 11) is 0. The Morgan fingerprint density at radius 1 is 1.67 bits per heavy atom. The van der Waals surface area contributed by atoms with Crippen LogP contribution in [0.5, 0.6) is 0 Å². The van der Waals surface area contributed by atoms with Gasteiger partial charge in [0.25, 0.3) is 0 Å². The zero-order valence-corrected chi connectivity index (χ0v) is 4.07. The van der Waals surface area contributed by atoms with Crippen molar-refractivity contribution in [3.63, 3.8) is 0 Å². The quantitative estimate of drug-likeness (QED) is 0.451. The average Bonchev–Trinajstić information content (AvgIpc) is 2.21. The van der Waals surface area contributed by atoms with Gasteiger partial charge >= 0.3 is 0 Å². The van der Waals surface area contributed by atoms with Gasteiger partial charge in [-0.15, -0.1) is 0 Å². The Morgan fingerprint density at radius 2 is 2.33 bits per heavy atom. The molecular formula is C6H9. The largest absolute Gasteiger partial charge is 0.0782 e. The number of hydrogen-bond acceptors (Lipinski definition) is 0. The standard InChI is InChI=1S/C6H9/c1-2-3-6-4-5-6/h3,6H,4-5H2,1H3. The Hall–Kier alpha value is -0.260. The van der Waals surface area contributed by atoms with Crippen LogP contribution in [0.2, 0.25) is 0 Å². The van der Waals surface area contributed by atoms with Gasteiger partial charge in [-0.25, -0.2) is 0 Å². The van der Waals surface area contributed by atoms with Crippen LogP contribution < -0.4 is 0 Å². The molecule has 0 aromatic carbocycles. The Balaban J connectivity index is 2.15. The first kappa shape index (κ1) is 3.91. The van der Waals surface area contributed by atoms with Crippen molar-refractivity contribution in [1.29, 1.82) is 0 Å². The van der Waals surface area contributed by atoms with Crippen molar-refractivity contribution in [2.45, 2.75) is 19.8 Å². The molecule has 0 aliphatic heterocycles. The van der Waals surface area contributed by atoms with Crippen LogP contribution in [0.4, 0.5) is 0 Å². The molecule has 1 saturated carbocycles. The van der Waals surface area contributed by atoms with Crippen LogP contribution in [-0.4, -0.2) is 0 Å². The van der Waals surface area contributed by atoms with Gasteiger partial charge in [-0.3, -0.25) is 0 Å². The lowest BCUT2D eigenvalue weighted by Crippen LogP contribution is -1.55. The van der Waals surface area contributed by atoms with Gasteiger partial charge in [0.15, 0.2) is 0 Å². The molecule has 0 aromatic rings. The zero-order valence-electron chi connectivity index (χ0n) is 4.07. The van der Waals surface area contributed by atoms with Gasteiger partial charge in [0, 0.05) is 0 Å². The monoisotopic (exact) mass is 81.1 g/mol. The van der Waals surface area contributed by atoms with Gasteiger partial charge in [0.05, 0.1) is 0 Å². The maximum absolute atomic E-state index is 3.00. The molecule has 0 heterocycles. The summed E-state index contributed by atoms with van der Waals surface area (Å²) < 4.78 is 0. The van der Waals surface area contributed by atoms with E-state index >= 15 is 0 Å². The third kappa shape index (κ3) is 0.852. The molecule has 0 spiro atoms. The molecule has 0 aromatic heterocycles. The van der Waals surface area contributed by atoms with E-state index in [-0.39, 0.29) is 0 Å². The Bertz CT molecular complexity index is 58.4. The second-order valence-corrected chi connectivity index (χ2v) is 1.79. The van der Waals surface area contributed by atoms with E-state index in [9.17, 15) is 0 Å². The fraction of sp³-hybridized carbons (Fsp3) is 0.667. The van der Waals surface area contributed by atoms with Crippen LogP contribution in [0.1, 0.15) is 19.8 Å². The summed E-state index contributed by atoms with van der Waals surface area (Å²) in [6.07, 6.45) is 7.96. The van der Waals surface area contributed by atoms with E-state index in [1.165, 1.54) is 12.8 Å². The third-order valence-electron chi connectivity index (χ3n) is 1.02. The van der Waals surface area contributed by atoms with E-state index in [2.05, 4.69) is 12.2 Å². The van der Waals surface area contributed by atoms with E-state index in [0.29, 0.717) is 0 Å². The van der Waals surface area contributed by atoms with E-state index < -0.39 is 0 Å². The number of allylic oxidation sites excluding steroid dienone is 2. The molecule has 1 radical (unpaired) electrons. The summed E-state index contributed by atoms with van der Waals surface area (Å²) >= 11 is 0. The van der Waals surface area contributed by atoms with Crippen LogP contribution in [0, 0.1) is 12.0 Å². The van der Waals surface area contributed by atoms with E-state index in [0.717, 1.165) is 5.92 Å². The Kier molecular flexibility index (Phi) is 0.952. The van der Waals surface area contributed by atoms with Crippen LogP contribution in [0.25, 0.3) is 0 Å². The molecule has 6 heavy (non-hydrogen) atoms. The van der Waals surface area contributed by atoms with Gasteiger partial charge in [-0.2, -0.15) is 0 Å². The smallest absolute Gasteiger partial charge is 0.0227 e. The van der Waals surface area contributed by atoms with Crippen molar-refractivity contribution in [2.24, 2.45) is 5.92 Å². The number of hydrogen-bond donors (Lipinski definition) is 0. The van der Waals surface area contributed by atoms with E-state index in [1.54, 1.807) is 0 Å². The summed E-state index contributed by atoms with van der Waals surface area (Å²) in [6, 6.07) is 0. The first-order valence-electron chi connectivity index (χ1n) is 2.44. The minimum Gasteiger partial charge on any atom is -0.0782 e. The molecule has 0 amide bonds. The van der Waals surface area contributed by atoms with E-state index in [4.69, 9.17) is 0 Å². The van der Waals surface area contributed by atoms with Crippen LogP contribution in [-0.2, 0) is 0 Å². The fourth-order valence-corrected chi connectivity index (χ4v) is 0.499. The molecule has 0 atom stereocenters. The van der Waals surface area contributed by atoms with Crippen LogP contribution in [0.3, 0.4) is 0 Å². The average molecular weight is 81.1 g/mol. The molecule has 1 aliphatic carbocycles. The molecule has 0 nitrogen and oxygen atoms in total. The highest BCUT2D eigenvalue weighted by molar-refractivity contribution is 4.90. The summed E-state index contributed by atoms with van der Waals surface area (Å²) in [4.78, 5) is 0. The fourth-order valence-electron chi connectivity index (χ4n) is 0.499. The van der Waals surface area contributed by atoms with Crippen LogP contribution >= 0.6 is 0 Å². The first-order chi connectivity index (χ1) is 2.93. The van der Waals surface area contributed by atoms with Crippen molar-refractivity contribution in [2.75, 3.05) is 0 Å². The van der Waals surface area contributed by atoms with Crippen molar-refractivity contribution < 1.29 is 0 Å². The molecule has 0 unspecified atom stereocenters. The molecule has 1 rings (SSSR count). The van der Waals surface area contributed by atoms with Gasteiger partial charge in [0.1, 0.15) is 0 Å². The van der Waals surface area contributed by atoms with Gasteiger partial charge in [0.2, 0.25) is 0 Å². The Morgan fingerprint density at radius 3 is 2.50 bits per heavy atom. The third-order valence-corrected chi connectivity index (χ3v) is 1.02. The Labute approximate surface area is 38.9 Å². The summed E-state index contributed by atoms with van der Waals surface area (Å²) in [5.41, 5.74) is 0. The lowest BCUT2D eigenvalue weighted by atomic mass is 10.4. The second kappa shape index (κ2) is 1.46. The highest BCUT2D eigenvalue weighted by Crippen LogP contribution is 2.29. The topological polar surface area (TPSA) is 0 Å². The molecule has 0 bridgehead atoms. The SMILES string of the molecule is C/[C]=C/C1CC1. The second-order valence-electron chi connectivity index (χ2n) is 1.79. The summed E-state index contributed by atoms with van der Waals surface area (Å²) in [5, 5.41) is 0. The molecule has 1 aliphatic rings. The molecule has 0 heteroatoms. The maximum atomic E-state index is 3.00. The predicted molar refractivity (Wildman–Crippen MR) is 26.2 cm³/mol. The molecule has 1 fully saturated rings. The molecule has 33 valence electrons. The zero-order chi connectivity index (χ0) is 4.41. The highest BCUT2D eigenvalue weighted by Gasteiger charge is 2.16. The highest BCUT2D eigenvalue weighted by atomic mass is 14.2. The van der Waals surface area contributed by atoms with Crippen molar-refractivity contribution in [1.82, 2.24) is 0 Å². The molecule has 0 saturated heterocycles. The van der Waals surface area contributed by atoms with Crippen molar-refractivity contribution in [3.8, 4) is 0 Å². The van der Waals surface area contributed by atoms with Gasteiger partial charge < -0.3 is 0 Å². The summed E-state index contributed by atoms with van der Waals surface area (Å²) in [6.45, 7) is 1.96. The van der Waals surface area contributed by atoms with Crippen LogP contribution in [0.15, 0.2) is 6.08 Å².